The molecule has 0 unspecified atom stereocenters. The van der Waals surface area contributed by atoms with Crippen LogP contribution in [0.1, 0.15) is 65.1 Å². The summed E-state index contributed by atoms with van der Waals surface area (Å²) in [5.41, 5.74) is 2.88. The number of halogens is 2. The highest BCUT2D eigenvalue weighted by Gasteiger charge is 2.34. The van der Waals surface area contributed by atoms with Crippen molar-refractivity contribution < 1.29 is 29.3 Å². The number of rotatable bonds is 2. The summed E-state index contributed by atoms with van der Waals surface area (Å²) in [5, 5.41) is 18.0. The number of aromatic carboxylic acids is 2. The maximum Gasteiger partial charge on any atom is 0.336 e. The van der Waals surface area contributed by atoms with Crippen LogP contribution in [0.4, 0.5) is 0 Å². The van der Waals surface area contributed by atoms with Crippen molar-refractivity contribution in [3.63, 3.8) is 0 Å². The first kappa shape index (κ1) is 23.6. The van der Waals surface area contributed by atoms with E-state index in [4.69, 9.17) is 19.7 Å². The molecule has 0 atom stereocenters. The summed E-state index contributed by atoms with van der Waals surface area (Å²) in [6.45, 7) is 9.80. The smallest absolute Gasteiger partial charge is 0.336 e. The Kier molecular flexibility index (Phi) is 6.19. The predicted molar refractivity (Wildman–Crippen MR) is 124 cm³/mol. The van der Waals surface area contributed by atoms with Crippen LogP contribution in [0.3, 0.4) is 0 Å². The molecule has 166 valence electrons. The van der Waals surface area contributed by atoms with Gasteiger partial charge in [-0.1, -0.05) is 0 Å². The maximum atomic E-state index is 11.1. The summed E-state index contributed by atoms with van der Waals surface area (Å²) in [4.78, 5) is 21.9. The number of hydrogen-bond acceptors (Lipinski definition) is 4. The molecule has 0 bridgehead atoms. The summed E-state index contributed by atoms with van der Waals surface area (Å²) in [7, 11) is 0. The zero-order valence-electron chi connectivity index (χ0n) is 17.9. The molecule has 0 aromatic heterocycles. The SMILES string of the molecule is CC1(C)Cc2cc(C(=O)O)cc(Br)c2O1.Cc1c(C(=O)O)cc(Br)c2c1CC(C)(C)O2. The molecule has 2 aliphatic rings. The van der Waals surface area contributed by atoms with E-state index in [1.807, 2.05) is 34.6 Å². The average molecular weight is 556 g/mol. The van der Waals surface area contributed by atoms with Gasteiger partial charge in [0.05, 0.1) is 20.1 Å². The minimum atomic E-state index is -0.914. The Morgan fingerprint density at radius 3 is 2.00 bits per heavy atom. The first-order valence-electron chi connectivity index (χ1n) is 9.70. The standard InChI is InChI=1S/C12H13BrO3.C11H11BrO3/c1-6-7(11(14)15)4-9(13)10-8(6)5-12(2,3)16-10;1-11(2)5-7-3-6(10(13)14)4-8(12)9(7)15-11/h4H,5H2,1-3H3,(H,14,15);3-4H,5H2,1-2H3,(H,13,14). The number of carbonyl (C=O) groups is 2. The summed E-state index contributed by atoms with van der Waals surface area (Å²) < 4.78 is 13.0. The van der Waals surface area contributed by atoms with Crippen LogP contribution in [0, 0.1) is 6.92 Å². The molecule has 2 aromatic rings. The van der Waals surface area contributed by atoms with E-state index >= 15 is 0 Å². The molecule has 6 nitrogen and oxygen atoms in total. The highest BCUT2D eigenvalue weighted by atomic mass is 79.9. The highest BCUT2D eigenvalue weighted by molar-refractivity contribution is 9.11. The topological polar surface area (TPSA) is 93.1 Å². The molecule has 2 aliphatic heterocycles. The molecule has 0 radical (unpaired) electrons. The Morgan fingerprint density at radius 1 is 0.871 bits per heavy atom. The Hall–Kier alpha value is -2.06. The first-order valence-corrected chi connectivity index (χ1v) is 11.3. The summed E-state index contributed by atoms with van der Waals surface area (Å²) >= 11 is 6.69. The average Bonchev–Trinajstić information content (AvgIpc) is 3.13. The van der Waals surface area contributed by atoms with Gasteiger partial charge in [-0.15, -0.1) is 0 Å². The van der Waals surface area contributed by atoms with Crippen LogP contribution in [0.15, 0.2) is 27.1 Å². The van der Waals surface area contributed by atoms with Crippen molar-refractivity contribution in [2.45, 2.75) is 58.7 Å². The van der Waals surface area contributed by atoms with Crippen molar-refractivity contribution in [2.24, 2.45) is 0 Å². The summed E-state index contributed by atoms with van der Waals surface area (Å²) in [5.74, 6) is -0.258. The molecule has 0 amide bonds. The third-order valence-electron chi connectivity index (χ3n) is 5.19. The lowest BCUT2D eigenvalue weighted by Gasteiger charge is -2.17. The van der Waals surface area contributed by atoms with Gasteiger partial charge in [0.15, 0.2) is 0 Å². The zero-order chi connectivity index (χ0) is 23.3. The van der Waals surface area contributed by atoms with Crippen LogP contribution in [0.25, 0.3) is 0 Å². The van der Waals surface area contributed by atoms with Gasteiger partial charge < -0.3 is 19.7 Å². The normalized spacial score (nSPS) is 16.9. The molecule has 0 fully saturated rings. The molecule has 0 aliphatic carbocycles. The van der Waals surface area contributed by atoms with Crippen LogP contribution >= 0.6 is 31.9 Å². The number of fused-ring (bicyclic) bond motifs is 2. The highest BCUT2D eigenvalue weighted by Crippen LogP contribution is 2.43. The van der Waals surface area contributed by atoms with Crippen LogP contribution in [0.5, 0.6) is 11.5 Å². The quantitative estimate of drug-likeness (QED) is 0.470. The molecule has 31 heavy (non-hydrogen) atoms. The fourth-order valence-electron chi connectivity index (χ4n) is 3.85. The molecule has 2 N–H and O–H groups in total. The second kappa shape index (κ2) is 8.13. The fourth-order valence-corrected chi connectivity index (χ4v) is 4.98. The van der Waals surface area contributed by atoms with E-state index in [1.54, 1.807) is 18.2 Å². The van der Waals surface area contributed by atoms with Gasteiger partial charge in [0.25, 0.3) is 0 Å². The number of ether oxygens (including phenoxy) is 2. The number of benzene rings is 2. The van der Waals surface area contributed by atoms with Crippen molar-refractivity contribution in [3.8, 4) is 11.5 Å². The van der Waals surface area contributed by atoms with Crippen LogP contribution in [-0.2, 0) is 12.8 Å². The number of carboxylic acid groups (broad SMARTS) is 2. The Labute approximate surface area is 197 Å². The lowest BCUT2D eigenvalue weighted by Crippen LogP contribution is -2.24. The van der Waals surface area contributed by atoms with E-state index in [0.29, 0.717) is 15.6 Å². The van der Waals surface area contributed by atoms with Gasteiger partial charge in [0.1, 0.15) is 22.7 Å². The molecule has 8 heteroatoms. The molecule has 2 aromatic carbocycles. The minimum Gasteiger partial charge on any atom is -0.486 e. The van der Waals surface area contributed by atoms with Crippen LogP contribution < -0.4 is 9.47 Å². The predicted octanol–water partition coefficient (Wildman–Crippen LogP) is 6.03. The van der Waals surface area contributed by atoms with Crippen LogP contribution in [0.2, 0.25) is 0 Å². The minimum absolute atomic E-state index is 0.248. The van der Waals surface area contributed by atoms with Gasteiger partial charge in [-0.25, -0.2) is 9.59 Å². The first-order chi connectivity index (χ1) is 14.2. The summed E-state index contributed by atoms with van der Waals surface area (Å²) in [6.07, 6.45) is 1.48. The van der Waals surface area contributed by atoms with Gasteiger partial charge in [-0.3, -0.25) is 0 Å². The monoisotopic (exact) mass is 554 g/mol. The van der Waals surface area contributed by atoms with Crippen molar-refractivity contribution in [1.29, 1.82) is 0 Å². The molecule has 0 spiro atoms. The lowest BCUT2D eigenvalue weighted by atomic mass is 9.95. The third kappa shape index (κ3) is 4.90. The largest absolute Gasteiger partial charge is 0.486 e. The van der Waals surface area contributed by atoms with Gasteiger partial charge >= 0.3 is 11.9 Å². The van der Waals surface area contributed by atoms with Gasteiger partial charge in [-0.05, 0) is 90.2 Å². The molecule has 0 saturated heterocycles. The number of hydrogen-bond donors (Lipinski definition) is 2. The van der Waals surface area contributed by atoms with Gasteiger partial charge in [0.2, 0.25) is 0 Å². The third-order valence-corrected chi connectivity index (χ3v) is 6.37. The molecule has 4 rings (SSSR count). The van der Waals surface area contributed by atoms with Crippen LogP contribution in [-0.4, -0.2) is 33.4 Å². The zero-order valence-corrected chi connectivity index (χ0v) is 21.1. The van der Waals surface area contributed by atoms with Crippen molar-refractivity contribution >= 4 is 43.8 Å². The summed E-state index contributed by atoms with van der Waals surface area (Å²) in [6, 6.07) is 4.86. The Bertz CT molecular complexity index is 1090. The maximum absolute atomic E-state index is 11.1. The lowest BCUT2D eigenvalue weighted by molar-refractivity contribution is 0.0685. The number of carboxylic acids is 2. The fraction of sp³-hybridized carbons (Fsp3) is 0.391. The second-order valence-electron chi connectivity index (χ2n) is 8.97. The van der Waals surface area contributed by atoms with Crippen molar-refractivity contribution in [3.05, 3.63) is 55.0 Å². The second-order valence-corrected chi connectivity index (χ2v) is 10.7. The molecular weight excluding hydrogens is 532 g/mol. The Balaban J connectivity index is 0.000000176. The van der Waals surface area contributed by atoms with E-state index in [9.17, 15) is 9.59 Å². The molecular formula is C23H24Br2O6. The van der Waals surface area contributed by atoms with E-state index in [-0.39, 0.29) is 11.2 Å². The van der Waals surface area contributed by atoms with Crippen molar-refractivity contribution in [2.75, 3.05) is 0 Å². The van der Waals surface area contributed by atoms with Gasteiger partial charge in [-0.2, -0.15) is 0 Å². The van der Waals surface area contributed by atoms with Crippen molar-refractivity contribution in [1.82, 2.24) is 0 Å². The van der Waals surface area contributed by atoms with E-state index in [1.165, 1.54) is 0 Å². The molecule has 0 saturated carbocycles. The van der Waals surface area contributed by atoms with Gasteiger partial charge in [0, 0.05) is 24.0 Å². The Morgan fingerprint density at radius 2 is 1.42 bits per heavy atom. The van der Waals surface area contributed by atoms with E-state index < -0.39 is 11.9 Å². The van der Waals surface area contributed by atoms with E-state index in [2.05, 4.69) is 31.9 Å². The van der Waals surface area contributed by atoms with E-state index in [0.717, 1.165) is 45.5 Å². The molecule has 2 heterocycles.